The van der Waals surface area contributed by atoms with Crippen molar-refractivity contribution in [1.82, 2.24) is 10.2 Å². The van der Waals surface area contributed by atoms with Crippen LogP contribution in [0.1, 0.15) is 33.6 Å². The molecule has 104 valence electrons. The molecule has 2 N–H and O–H groups in total. The minimum Gasteiger partial charge on any atom is -0.395 e. The fourth-order valence-electron chi connectivity index (χ4n) is 2.10. The molecule has 0 aromatic heterocycles. The van der Waals surface area contributed by atoms with Gasteiger partial charge in [0, 0.05) is 12.6 Å². The molecule has 0 bridgehead atoms. The first-order valence-electron chi connectivity index (χ1n) is 6.60. The van der Waals surface area contributed by atoms with Crippen molar-refractivity contribution in [2.45, 2.75) is 45.7 Å². The van der Waals surface area contributed by atoms with E-state index in [0.717, 1.165) is 12.8 Å². The molecule has 0 aliphatic heterocycles. The molecule has 0 aromatic carbocycles. The molecule has 1 amide bonds. The highest BCUT2D eigenvalue weighted by Gasteiger charge is 2.30. The number of amides is 1. The predicted octanol–water partition coefficient (Wildman–Crippen LogP) is 0.173. The van der Waals surface area contributed by atoms with Crippen LogP contribution < -0.4 is 5.32 Å². The lowest BCUT2D eigenvalue weighted by molar-refractivity contribution is -0.128. The van der Waals surface area contributed by atoms with E-state index >= 15 is 0 Å². The highest BCUT2D eigenvalue weighted by Crippen LogP contribution is 2.26. The minimum absolute atomic E-state index is 0.0153. The van der Waals surface area contributed by atoms with Gasteiger partial charge in [0.15, 0.2) is 5.78 Å². The van der Waals surface area contributed by atoms with E-state index in [1.165, 1.54) is 6.92 Å². The van der Waals surface area contributed by atoms with Crippen molar-refractivity contribution in [2.24, 2.45) is 5.92 Å². The first kappa shape index (κ1) is 15.1. The van der Waals surface area contributed by atoms with Crippen molar-refractivity contribution >= 4 is 11.7 Å². The van der Waals surface area contributed by atoms with Gasteiger partial charge >= 0.3 is 0 Å². The van der Waals surface area contributed by atoms with Gasteiger partial charge in [0.1, 0.15) is 0 Å². The molecule has 0 saturated heterocycles. The van der Waals surface area contributed by atoms with Gasteiger partial charge in [0.25, 0.3) is 0 Å². The quantitative estimate of drug-likeness (QED) is 0.649. The van der Waals surface area contributed by atoms with Crippen molar-refractivity contribution in [3.05, 3.63) is 0 Å². The molecule has 1 aliphatic carbocycles. The zero-order valence-electron chi connectivity index (χ0n) is 11.5. The number of aliphatic hydroxyl groups is 1. The molecule has 0 spiro atoms. The topological polar surface area (TPSA) is 69.6 Å². The van der Waals surface area contributed by atoms with E-state index in [4.69, 9.17) is 5.11 Å². The Morgan fingerprint density at radius 3 is 2.39 bits per heavy atom. The maximum atomic E-state index is 11.9. The Morgan fingerprint density at radius 2 is 2.00 bits per heavy atom. The monoisotopic (exact) mass is 256 g/mol. The van der Waals surface area contributed by atoms with Crippen LogP contribution in [0.3, 0.4) is 0 Å². The van der Waals surface area contributed by atoms with Gasteiger partial charge in [0.05, 0.1) is 19.2 Å². The molecular weight excluding hydrogens is 232 g/mol. The second-order valence-corrected chi connectivity index (χ2v) is 5.33. The largest absolute Gasteiger partial charge is 0.395 e. The molecule has 1 rings (SSSR count). The van der Waals surface area contributed by atoms with E-state index in [2.05, 4.69) is 5.32 Å². The molecule has 0 heterocycles. The zero-order valence-corrected chi connectivity index (χ0v) is 11.5. The number of hydrogen-bond donors (Lipinski definition) is 2. The summed E-state index contributed by atoms with van der Waals surface area (Å²) in [5.41, 5.74) is 0. The standard InChI is InChI=1S/C13H24N2O3/c1-9(2)13(10(3)17)14-12(18)8-15(6-7-16)11-4-5-11/h9,11,13,16H,4-8H2,1-3H3,(H,14,18). The zero-order chi connectivity index (χ0) is 13.7. The summed E-state index contributed by atoms with van der Waals surface area (Å²) in [4.78, 5) is 25.3. The van der Waals surface area contributed by atoms with Gasteiger partial charge in [-0.25, -0.2) is 0 Å². The first-order valence-corrected chi connectivity index (χ1v) is 6.60. The normalized spacial score (nSPS) is 17.0. The highest BCUT2D eigenvalue weighted by atomic mass is 16.3. The van der Waals surface area contributed by atoms with Crippen molar-refractivity contribution in [2.75, 3.05) is 19.7 Å². The molecular formula is C13H24N2O3. The van der Waals surface area contributed by atoms with Gasteiger partial charge in [-0.05, 0) is 25.7 Å². The average Bonchev–Trinajstić information content (AvgIpc) is 3.08. The fourth-order valence-corrected chi connectivity index (χ4v) is 2.10. The molecule has 5 nitrogen and oxygen atoms in total. The summed E-state index contributed by atoms with van der Waals surface area (Å²) in [6.45, 7) is 6.17. The first-order chi connectivity index (χ1) is 8.45. The minimum atomic E-state index is -0.410. The number of nitrogens with zero attached hydrogens (tertiary/aromatic N) is 1. The molecule has 1 unspecified atom stereocenters. The van der Waals surface area contributed by atoms with Gasteiger partial charge in [-0.15, -0.1) is 0 Å². The van der Waals surface area contributed by atoms with Crippen molar-refractivity contribution in [3.63, 3.8) is 0 Å². The number of carbonyl (C=O) groups excluding carboxylic acids is 2. The third-order valence-electron chi connectivity index (χ3n) is 3.22. The van der Waals surface area contributed by atoms with E-state index in [0.29, 0.717) is 12.6 Å². The Balaban J connectivity index is 2.45. The van der Waals surface area contributed by atoms with E-state index in [-0.39, 0.29) is 30.8 Å². The third kappa shape index (κ3) is 4.74. The molecule has 0 aromatic rings. The summed E-state index contributed by atoms with van der Waals surface area (Å²) >= 11 is 0. The van der Waals surface area contributed by atoms with Crippen LogP contribution in [0.25, 0.3) is 0 Å². The van der Waals surface area contributed by atoms with Crippen LogP contribution in [0.4, 0.5) is 0 Å². The van der Waals surface area contributed by atoms with Gasteiger partial charge in [0.2, 0.25) is 5.91 Å². The van der Waals surface area contributed by atoms with Crippen LogP contribution >= 0.6 is 0 Å². The Hall–Kier alpha value is -0.940. The molecule has 0 radical (unpaired) electrons. The smallest absolute Gasteiger partial charge is 0.234 e. The summed E-state index contributed by atoms with van der Waals surface area (Å²) in [6, 6.07) is 0.0189. The summed E-state index contributed by atoms with van der Waals surface area (Å²) in [5, 5.41) is 11.7. The van der Waals surface area contributed by atoms with Crippen LogP contribution in [0, 0.1) is 5.92 Å². The fraction of sp³-hybridized carbons (Fsp3) is 0.846. The van der Waals surface area contributed by atoms with E-state index in [1.54, 1.807) is 0 Å². The van der Waals surface area contributed by atoms with Gasteiger partial charge < -0.3 is 10.4 Å². The SMILES string of the molecule is CC(=O)C(NC(=O)CN(CCO)C1CC1)C(C)C. The number of hydrogen-bond acceptors (Lipinski definition) is 4. The molecule has 1 atom stereocenters. The van der Waals surface area contributed by atoms with Crippen molar-refractivity contribution in [3.8, 4) is 0 Å². The Morgan fingerprint density at radius 1 is 1.39 bits per heavy atom. The van der Waals surface area contributed by atoms with E-state index < -0.39 is 6.04 Å². The Kier molecular flexibility index (Phi) is 5.75. The number of ketones is 1. The Labute approximate surface area is 109 Å². The van der Waals surface area contributed by atoms with Crippen molar-refractivity contribution in [1.29, 1.82) is 0 Å². The number of rotatable bonds is 8. The second-order valence-electron chi connectivity index (χ2n) is 5.33. The van der Waals surface area contributed by atoms with Crippen LogP contribution in [-0.4, -0.2) is 53.5 Å². The number of aliphatic hydroxyl groups excluding tert-OH is 1. The lowest BCUT2D eigenvalue weighted by atomic mass is 10.0. The number of Topliss-reactive ketones (excluding diaryl/α,β-unsaturated/α-hetero) is 1. The molecule has 1 saturated carbocycles. The third-order valence-corrected chi connectivity index (χ3v) is 3.22. The second kappa shape index (κ2) is 6.85. The van der Waals surface area contributed by atoms with Crippen LogP contribution in [-0.2, 0) is 9.59 Å². The lowest BCUT2D eigenvalue weighted by Crippen LogP contribution is -2.48. The summed E-state index contributed by atoms with van der Waals surface area (Å²) in [6.07, 6.45) is 2.18. The lowest BCUT2D eigenvalue weighted by Gasteiger charge is -2.24. The van der Waals surface area contributed by atoms with Crippen LogP contribution in [0.5, 0.6) is 0 Å². The maximum Gasteiger partial charge on any atom is 0.234 e. The van der Waals surface area contributed by atoms with Gasteiger partial charge in [-0.3, -0.25) is 14.5 Å². The maximum absolute atomic E-state index is 11.9. The molecule has 1 fully saturated rings. The molecule has 1 aliphatic rings. The molecule has 5 heteroatoms. The highest BCUT2D eigenvalue weighted by molar-refractivity contribution is 5.88. The van der Waals surface area contributed by atoms with Gasteiger partial charge in [-0.2, -0.15) is 0 Å². The summed E-state index contributed by atoms with van der Waals surface area (Å²) < 4.78 is 0. The summed E-state index contributed by atoms with van der Waals surface area (Å²) in [5.74, 6) is -0.0543. The van der Waals surface area contributed by atoms with Crippen molar-refractivity contribution < 1.29 is 14.7 Å². The summed E-state index contributed by atoms with van der Waals surface area (Å²) in [7, 11) is 0. The Bertz CT molecular complexity index is 301. The number of nitrogens with one attached hydrogen (secondary N) is 1. The molecule has 18 heavy (non-hydrogen) atoms. The average molecular weight is 256 g/mol. The van der Waals surface area contributed by atoms with Crippen LogP contribution in [0.2, 0.25) is 0 Å². The van der Waals surface area contributed by atoms with Gasteiger partial charge in [-0.1, -0.05) is 13.8 Å². The van der Waals surface area contributed by atoms with E-state index in [9.17, 15) is 9.59 Å². The number of carbonyl (C=O) groups is 2. The predicted molar refractivity (Wildman–Crippen MR) is 69.1 cm³/mol. The van der Waals surface area contributed by atoms with Crippen LogP contribution in [0.15, 0.2) is 0 Å². The van der Waals surface area contributed by atoms with E-state index in [1.807, 2.05) is 18.7 Å².